The van der Waals surface area contributed by atoms with Crippen molar-refractivity contribution < 1.29 is 0 Å². The van der Waals surface area contributed by atoms with Gasteiger partial charge < -0.3 is 0 Å². The van der Waals surface area contributed by atoms with E-state index < -0.39 is 0 Å². The van der Waals surface area contributed by atoms with E-state index in [-0.39, 0.29) is 0 Å². The quantitative estimate of drug-likeness (QED) is 0.424. The van der Waals surface area contributed by atoms with Crippen LogP contribution in [-0.4, -0.2) is 0 Å². The third-order valence-electron chi connectivity index (χ3n) is 0. The number of hydrogen-bond donors (Lipinski definition) is 0. The van der Waals surface area contributed by atoms with Crippen LogP contribution in [0.25, 0.3) is 0 Å². The maximum atomic E-state index is 3.56. The van der Waals surface area contributed by atoms with Crippen molar-refractivity contribution in [2.75, 3.05) is 0 Å². The maximum Gasteiger partial charge on any atom is -0.0445 e. The first-order valence-electron chi connectivity index (χ1n) is 3.09. The molecule has 0 heteroatoms. The van der Waals surface area contributed by atoms with Crippen LogP contribution in [0.1, 0.15) is 34.6 Å². The van der Waals surface area contributed by atoms with Crippen LogP contribution in [-0.2, 0) is 0 Å². The molecular weight excluding hydrogens is 96.1 g/mol. The van der Waals surface area contributed by atoms with Crippen molar-refractivity contribution in [3.05, 3.63) is 12.2 Å². The zero-order chi connectivity index (χ0) is 7.15. The highest BCUT2D eigenvalue weighted by Crippen LogP contribution is 1.81. The number of allylic oxidation sites excluding steroid dienone is 1. The molecule has 0 nitrogen and oxygen atoms in total. The standard InChI is InChI=1S/C4H10.C4H8/c2*1-4(2)3/h4H,1-3H3;1H2,2-3H3. The largest absolute Gasteiger partial charge is 0.100 e. The second-order valence-corrected chi connectivity index (χ2v) is 2.94. The third kappa shape index (κ3) is 1910. The fourth-order valence-electron chi connectivity index (χ4n) is 0. The zero-order valence-electron chi connectivity index (χ0n) is 6.78. The molecule has 0 heterocycles. The van der Waals surface area contributed by atoms with Gasteiger partial charge in [0.25, 0.3) is 0 Å². The van der Waals surface area contributed by atoms with E-state index in [1.165, 1.54) is 5.57 Å². The summed E-state index contributed by atoms with van der Waals surface area (Å²) in [5.74, 6) is 0.833. The SMILES string of the molecule is C=C(C)C.CC(C)C. The van der Waals surface area contributed by atoms with Crippen molar-refractivity contribution in [2.24, 2.45) is 5.92 Å². The monoisotopic (exact) mass is 114 g/mol. The molecule has 0 N–H and O–H groups in total. The minimum absolute atomic E-state index is 0.833. The highest BCUT2D eigenvalue weighted by Gasteiger charge is 1.68. The van der Waals surface area contributed by atoms with Crippen molar-refractivity contribution in [3.63, 3.8) is 0 Å². The Balaban J connectivity index is 0. The summed E-state index contributed by atoms with van der Waals surface area (Å²) in [6.45, 7) is 14.0. The molecule has 0 aromatic carbocycles. The Hall–Kier alpha value is -0.260. The summed E-state index contributed by atoms with van der Waals surface area (Å²) in [7, 11) is 0. The van der Waals surface area contributed by atoms with Crippen molar-refractivity contribution in [1.29, 1.82) is 0 Å². The molecule has 0 aromatic rings. The topological polar surface area (TPSA) is 0 Å². The lowest BCUT2D eigenvalue weighted by atomic mass is 10.3. The van der Waals surface area contributed by atoms with E-state index in [1.807, 2.05) is 13.8 Å². The fraction of sp³-hybridized carbons (Fsp3) is 0.750. The molecule has 0 aliphatic carbocycles. The molecule has 8 heavy (non-hydrogen) atoms. The van der Waals surface area contributed by atoms with Crippen LogP contribution in [0.3, 0.4) is 0 Å². The van der Waals surface area contributed by atoms with E-state index in [2.05, 4.69) is 27.4 Å². The van der Waals surface area contributed by atoms with E-state index >= 15 is 0 Å². The predicted octanol–water partition coefficient (Wildman–Crippen LogP) is 3.24. The van der Waals surface area contributed by atoms with Gasteiger partial charge in [0, 0.05) is 0 Å². The van der Waals surface area contributed by atoms with Gasteiger partial charge in [0.2, 0.25) is 0 Å². The average Bonchev–Trinajstić information content (AvgIpc) is 1.25. The lowest BCUT2D eigenvalue weighted by Crippen LogP contribution is -1.66. The second kappa shape index (κ2) is 6.74. The first-order valence-corrected chi connectivity index (χ1v) is 3.09. The smallest absolute Gasteiger partial charge is 0.0445 e. The molecule has 0 fully saturated rings. The van der Waals surface area contributed by atoms with Crippen molar-refractivity contribution in [3.8, 4) is 0 Å². The van der Waals surface area contributed by atoms with Gasteiger partial charge in [0.1, 0.15) is 0 Å². The van der Waals surface area contributed by atoms with Gasteiger partial charge in [0.15, 0.2) is 0 Å². The summed E-state index contributed by atoms with van der Waals surface area (Å²) < 4.78 is 0. The van der Waals surface area contributed by atoms with Gasteiger partial charge in [-0.15, -0.1) is 6.58 Å². The Labute approximate surface area is 53.6 Å². The zero-order valence-corrected chi connectivity index (χ0v) is 6.78. The van der Waals surface area contributed by atoms with E-state index in [0.717, 1.165) is 5.92 Å². The van der Waals surface area contributed by atoms with Gasteiger partial charge in [-0.25, -0.2) is 0 Å². The Bertz CT molecular complexity index is 44.3. The minimum atomic E-state index is 0.833. The van der Waals surface area contributed by atoms with Crippen LogP contribution in [0.5, 0.6) is 0 Å². The lowest BCUT2D eigenvalue weighted by molar-refractivity contribution is 0.737. The lowest BCUT2D eigenvalue weighted by Gasteiger charge is -1.79. The van der Waals surface area contributed by atoms with Gasteiger partial charge in [0.05, 0.1) is 0 Å². The summed E-state index contributed by atoms with van der Waals surface area (Å²) in [4.78, 5) is 0. The molecule has 0 amide bonds. The summed E-state index contributed by atoms with van der Waals surface area (Å²) >= 11 is 0. The van der Waals surface area contributed by atoms with Crippen LogP contribution in [0.15, 0.2) is 12.2 Å². The summed E-state index contributed by atoms with van der Waals surface area (Å²) in [6, 6.07) is 0. The molecule has 0 aromatic heterocycles. The molecule has 0 radical (unpaired) electrons. The highest BCUT2D eigenvalue weighted by atomic mass is 13.7. The molecule has 50 valence electrons. The molecule has 0 atom stereocenters. The predicted molar refractivity (Wildman–Crippen MR) is 41.0 cm³/mol. The van der Waals surface area contributed by atoms with Crippen molar-refractivity contribution in [1.82, 2.24) is 0 Å². The number of hydrogen-bond acceptors (Lipinski definition) is 0. The van der Waals surface area contributed by atoms with Crippen molar-refractivity contribution in [2.45, 2.75) is 34.6 Å². The number of rotatable bonds is 0. The Morgan fingerprint density at radius 1 is 1.12 bits per heavy atom. The van der Waals surface area contributed by atoms with E-state index in [0.29, 0.717) is 0 Å². The molecule has 0 bridgehead atoms. The Morgan fingerprint density at radius 3 is 1.12 bits per heavy atom. The van der Waals surface area contributed by atoms with E-state index in [9.17, 15) is 0 Å². The van der Waals surface area contributed by atoms with Crippen LogP contribution >= 0.6 is 0 Å². The van der Waals surface area contributed by atoms with Crippen molar-refractivity contribution >= 4 is 0 Å². The highest BCUT2D eigenvalue weighted by molar-refractivity contribution is 4.78. The minimum Gasteiger partial charge on any atom is -0.100 e. The van der Waals surface area contributed by atoms with Crippen LogP contribution < -0.4 is 0 Å². The van der Waals surface area contributed by atoms with Gasteiger partial charge in [-0.1, -0.05) is 26.3 Å². The Morgan fingerprint density at radius 2 is 1.12 bits per heavy atom. The summed E-state index contributed by atoms with van der Waals surface area (Å²) in [6.07, 6.45) is 0. The molecule has 0 saturated heterocycles. The van der Waals surface area contributed by atoms with E-state index in [1.54, 1.807) is 0 Å². The van der Waals surface area contributed by atoms with Gasteiger partial charge >= 0.3 is 0 Å². The summed E-state index contributed by atoms with van der Waals surface area (Å²) in [5, 5.41) is 0. The van der Waals surface area contributed by atoms with Crippen LogP contribution in [0.4, 0.5) is 0 Å². The van der Waals surface area contributed by atoms with Crippen LogP contribution in [0.2, 0.25) is 0 Å². The molecule has 0 saturated carbocycles. The van der Waals surface area contributed by atoms with Crippen LogP contribution in [0, 0.1) is 5.92 Å². The maximum absolute atomic E-state index is 3.56. The van der Waals surface area contributed by atoms with Gasteiger partial charge in [-0.2, -0.15) is 0 Å². The van der Waals surface area contributed by atoms with Gasteiger partial charge in [-0.05, 0) is 19.8 Å². The fourth-order valence-corrected chi connectivity index (χ4v) is 0. The molecule has 0 aliphatic rings. The molecule has 0 unspecified atom stereocenters. The second-order valence-electron chi connectivity index (χ2n) is 2.94. The van der Waals surface area contributed by atoms with E-state index in [4.69, 9.17) is 0 Å². The molecule has 0 rings (SSSR count). The molecule has 0 aliphatic heterocycles. The summed E-state index contributed by atoms with van der Waals surface area (Å²) in [5.41, 5.74) is 1.17. The average molecular weight is 114 g/mol. The molecule has 0 spiro atoms. The first kappa shape index (κ1) is 10.7. The molecular formula is C8H18. The Kier molecular flexibility index (Phi) is 8.99. The third-order valence-corrected chi connectivity index (χ3v) is 0. The first-order chi connectivity index (χ1) is 3.46. The normalized spacial score (nSPS) is 7.75. The van der Waals surface area contributed by atoms with Gasteiger partial charge in [-0.3, -0.25) is 0 Å².